The van der Waals surface area contributed by atoms with Crippen molar-refractivity contribution in [3.05, 3.63) is 132 Å². The zero-order valence-corrected chi connectivity index (χ0v) is 20.9. The molecule has 0 unspecified atom stereocenters. The van der Waals surface area contributed by atoms with Gasteiger partial charge in [0.1, 0.15) is 11.6 Å². The van der Waals surface area contributed by atoms with Gasteiger partial charge in [-0.15, -0.1) is 0 Å². The molecule has 5 nitrogen and oxygen atoms in total. The largest absolute Gasteiger partial charge is 0.507 e. The minimum absolute atomic E-state index is 0.183. The Morgan fingerprint density at radius 2 is 1.46 bits per heavy atom. The van der Waals surface area contributed by atoms with Gasteiger partial charge < -0.3 is 15.4 Å². The highest BCUT2D eigenvalue weighted by molar-refractivity contribution is 6.29. The van der Waals surface area contributed by atoms with E-state index in [1.165, 1.54) is 0 Å². The number of hydrogen-bond donors (Lipinski definition) is 4. The van der Waals surface area contributed by atoms with Crippen molar-refractivity contribution in [2.24, 2.45) is 0 Å². The van der Waals surface area contributed by atoms with Gasteiger partial charge in [0.25, 0.3) is 0 Å². The molecule has 0 amide bonds. The normalized spacial score (nSPS) is 11.3. The van der Waals surface area contributed by atoms with Crippen molar-refractivity contribution >= 4 is 49.8 Å². The number of phenolic OH excluding ortho intramolecular Hbond substituents is 1. The van der Waals surface area contributed by atoms with Crippen LogP contribution in [0.5, 0.6) is 5.75 Å². The zero-order valence-electron chi connectivity index (χ0n) is 20.9. The summed E-state index contributed by atoms with van der Waals surface area (Å²) in [7, 11) is 0. The molecule has 0 aliphatic heterocycles. The number of H-pyrrole nitrogens is 1. The first-order chi connectivity index (χ1) is 19.2. The molecule has 7 rings (SSSR count). The third-order valence-electron chi connectivity index (χ3n) is 7.16. The van der Waals surface area contributed by atoms with Gasteiger partial charge in [0.05, 0.1) is 16.9 Å². The highest BCUT2D eigenvalue weighted by Gasteiger charge is 2.19. The second kappa shape index (κ2) is 9.15. The predicted molar refractivity (Wildman–Crippen MR) is 160 cm³/mol. The van der Waals surface area contributed by atoms with Crippen molar-refractivity contribution in [2.45, 2.75) is 0 Å². The van der Waals surface area contributed by atoms with Crippen molar-refractivity contribution in [2.75, 3.05) is 5.32 Å². The van der Waals surface area contributed by atoms with E-state index >= 15 is 0 Å². The Hall–Kier alpha value is -5.42. The first-order valence-corrected chi connectivity index (χ1v) is 12.8. The number of hydrogen-bond acceptors (Lipinski definition) is 4. The van der Waals surface area contributed by atoms with Gasteiger partial charge in [-0.1, -0.05) is 78.9 Å². The van der Waals surface area contributed by atoms with Crippen molar-refractivity contribution in [3.8, 4) is 17.0 Å². The molecule has 7 aromatic rings. The fraction of sp³-hybridized carbons (Fsp3) is 0. The number of anilines is 2. The Kier molecular flexibility index (Phi) is 5.34. The van der Waals surface area contributed by atoms with E-state index in [0.717, 1.165) is 49.4 Å². The first-order valence-electron chi connectivity index (χ1n) is 12.8. The van der Waals surface area contributed by atoms with Gasteiger partial charge in [-0.3, -0.25) is 5.41 Å². The van der Waals surface area contributed by atoms with Crippen LogP contribution in [0.2, 0.25) is 0 Å². The standard InChI is InChI=1S/C34H24N4O/c35-33(32-22-11-2-1-10-21(22)20-26-23-12-3-6-15-27(23)38-34(26)32)25-14-4-7-16-29(25)37-31-19-9-17-28(36-31)24-13-5-8-18-30(24)39/h1-20,35,38-39H,(H,36,37). The second-order valence-electron chi connectivity index (χ2n) is 9.54. The van der Waals surface area contributed by atoms with Crippen LogP contribution in [0.4, 0.5) is 11.5 Å². The number of phenols is 1. The maximum atomic E-state index is 10.3. The Morgan fingerprint density at radius 3 is 2.36 bits per heavy atom. The van der Waals surface area contributed by atoms with Gasteiger partial charge in [0, 0.05) is 38.7 Å². The summed E-state index contributed by atoms with van der Waals surface area (Å²) in [5, 5.41) is 27.6. The van der Waals surface area contributed by atoms with E-state index in [0.29, 0.717) is 22.8 Å². The molecular formula is C34H24N4O. The van der Waals surface area contributed by atoms with Crippen LogP contribution in [-0.4, -0.2) is 20.8 Å². The van der Waals surface area contributed by atoms with Crippen molar-refractivity contribution in [1.29, 1.82) is 5.41 Å². The van der Waals surface area contributed by atoms with Crippen molar-refractivity contribution < 1.29 is 5.11 Å². The van der Waals surface area contributed by atoms with Gasteiger partial charge in [0.15, 0.2) is 0 Å². The summed E-state index contributed by atoms with van der Waals surface area (Å²) in [4.78, 5) is 8.35. The number of aromatic amines is 1. The Bertz CT molecular complexity index is 2040. The van der Waals surface area contributed by atoms with Gasteiger partial charge in [-0.25, -0.2) is 4.98 Å². The van der Waals surface area contributed by atoms with Crippen LogP contribution in [0.3, 0.4) is 0 Å². The number of rotatable bonds is 5. The summed E-state index contributed by atoms with van der Waals surface area (Å²) in [6.07, 6.45) is 0. The lowest BCUT2D eigenvalue weighted by Crippen LogP contribution is -2.08. The summed E-state index contributed by atoms with van der Waals surface area (Å²) in [6.45, 7) is 0. The monoisotopic (exact) mass is 504 g/mol. The number of fused-ring (bicyclic) bond motifs is 4. The maximum Gasteiger partial charge on any atom is 0.131 e. The van der Waals surface area contributed by atoms with E-state index in [1.807, 2.05) is 78.9 Å². The van der Waals surface area contributed by atoms with Gasteiger partial charge in [-0.05, 0) is 53.2 Å². The maximum absolute atomic E-state index is 10.3. The number of para-hydroxylation sites is 3. The topological polar surface area (TPSA) is 84.8 Å². The van der Waals surface area contributed by atoms with Gasteiger partial charge in [0.2, 0.25) is 0 Å². The lowest BCUT2D eigenvalue weighted by Gasteiger charge is -2.16. The van der Waals surface area contributed by atoms with E-state index in [9.17, 15) is 10.5 Å². The van der Waals surface area contributed by atoms with Crippen LogP contribution in [-0.2, 0) is 0 Å². The summed E-state index contributed by atoms with van der Waals surface area (Å²) >= 11 is 0. The van der Waals surface area contributed by atoms with Crippen LogP contribution < -0.4 is 5.32 Å². The van der Waals surface area contributed by atoms with Crippen LogP contribution >= 0.6 is 0 Å². The molecule has 2 aromatic heterocycles. The average Bonchev–Trinajstić information content (AvgIpc) is 3.34. The van der Waals surface area contributed by atoms with E-state index in [1.54, 1.807) is 12.1 Å². The molecule has 4 N–H and O–H groups in total. The molecule has 5 aromatic carbocycles. The van der Waals surface area contributed by atoms with Crippen LogP contribution in [0, 0.1) is 5.41 Å². The number of benzene rings is 5. The highest BCUT2D eigenvalue weighted by Crippen LogP contribution is 2.36. The fourth-order valence-corrected chi connectivity index (χ4v) is 5.34. The quantitative estimate of drug-likeness (QED) is 0.178. The Balaban J connectivity index is 1.36. The molecule has 0 atom stereocenters. The Labute approximate surface area is 224 Å². The molecule has 0 aliphatic carbocycles. The van der Waals surface area contributed by atoms with Gasteiger partial charge in [-0.2, -0.15) is 0 Å². The van der Waals surface area contributed by atoms with Crippen LogP contribution in [0.15, 0.2) is 121 Å². The molecule has 0 bridgehead atoms. The molecule has 0 aliphatic rings. The minimum atomic E-state index is 0.183. The SMILES string of the molecule is N=C(c1ccccc1Nc1cccc(-c2ccccc2O)n1)c1c2ccccc2cc2c1[nH]c1ccccc12. The predicted octanol–water partition coefficient (Wildman–Crippen LogP) is 8.40. The van der Waals surface area contributed by atoms with Crippen molar-refractivity contribution in [3.63, 3.8) is 0 Å². The van der Waals surface area contributed by atoms with E-state index in [2.05, 4.69) is 40.6 Å². The van der Waals surface area contributed by atoms with Gasteiger partial charge >= 0.3 is 0 Å². The second-order valence-corrected chi connectivity index (χ2v) is 9.54. The summed E-state index contributed by atoms with van der Waals surface area (Å²) in [5.74, 6) is 0.812. The number of nitrogens with one attached hydrogen (secondary N) is 3. The van der Waals surface area contributed by atoms with Crippen molar-refractivity contribution in [1.82, 2.24) is 9.97 Å². The molecule has 0 radical (unpaired) electrons. The highest BCUT2D eigenvalue weighted by atomic mass is 16.3. The molecule has 0 saturated heterocycles. The first kappa shape index (κ1) is 22.8. The van der Waals surface area contributed by atoms with E-state index < -0.39 is 0 Å². The summed E-state index contributed by atoms with van der Waals surface area (Å²) in [6, 6.07) is 39.4. The number of aromatic hydroxyl groups is 1. The Morgan fingerprint density at radius 1 is 0.718 bits per heavy atom. The molecule has 0 spiro atoms. The van der Waals surface area contributed by atoms with Crippen LogP contribution in [0.1, 0.15) is 11.1 Å². The molecule has 0 fully saturated rings. The van der Waals surface area contributed by atoms with E-state index in [4.69, 9.17) is 4.98 Å². The lowest BCUT2D eigenvalue weighted by molar-refractivity contribution is 0.477. The summed E-state index contributed by atoms with van der Waals surface area (Å²) < 4.78 is 0. The smallest absolute Gasteiger partial charge is 0.131 e. The zero-order chi connectivity index (χ0) is 26.3. The lowest BCUT2D eigenvalue weighted by atomic mass is 9.93. The number of aromatic nitrogens is 2. The molecule has 39 heavy (non-hydrogen) atoms. The minimum Gasteiger partial charge on any atom is -0.507 e. The molecule has 5 heteroatoms. The summed E-state index contributed by atoms with van der Waals surface area (Å²) in [5.41, 5.74) is 6.17. The van der Waals surface area contributed by atoms with Crippen LogP contribution in [0.25, 0.3) is 43.8 Å². The number of pyridine rings is 1. The third kappa shape index (κ3) is 3.88. The molecule has 0 saturated carbocycles. The molecule has 2 heterocycles. The number of nitrogens with zero attached hydrogens (tertiary/aromatic N) is 1. The fourth-order valence-electron chi connectivity index (χ4n) is 5.34. The molecule has 186 valence electrons. The average molecular weight is 505 g/mol. The third-order valence-corrected chi connectivity index (χ3v) is 7.16. The molecular weight excluding hydrogens is 480 g/mol. The van der Waals surface area contributed by atoms with E-state index in [-0.39, 0.29) is 5.75 Å².